The van der Waals surface area contributed by atoms with Crippen LogP contribution in [-0.2, 0) is 28.6 Å². The molecule has 0 saturated carbocycles. The second-order valence-corrected chi connectivity index (χ2v) is 15.2. The van der Waals surface area contributed by atoms with Crippen LogP contribution in [0.3, 0.4) is 0 Å². The fourth-order valence-corrected chi connectivity index (χ4v) is 5.97. The van der Waals surface area contributed by atoms with Crippen LogP contribution in [-0.4, -0.2) is 37.2 Å². The van der Waals surface area contributed by atoms with Gasteiger partial charge in [0.25, 0.3) is 0 Å². The zero-order chi connectivity index (χ0) is 43.7. The quantitative estimate of drug-likeness (QED) is 0.0264. The maximum atomic E-state index is 12.7. The minimum Gasteiger partial charge on any atom is -0.462 e. The van der Waals surface area contributed by atoms with Gasteiger partial charge in [0.2, 0.25) is 0 Å². The number of hydrogen-bond donors (Lipinski definition) is 0. The Hall–Kier alpha value is -3.93. The fraction of sp³-hybridized carbons (Fsp3) is 0.611. The van der Waals surface area contributed by atoms with Crippen LogP contribution in [0.4, 0.5) is 0 Å². The summed E-state index contributed by atoms with van der Waals surface area (Å²) in [5, 5.41) is 0. The molecule has 0 N–H and O–H groups in total. The third-order valence-corrected chi connectivity index (χ3v) is 9.51. The van der Waals surface area contributed by atoms with E-state index >= 15 is 0 Å². The molecule has 0 aliphatic carbocycles. The molecular weight excluding hydrogens is 745 g/mol. The number of unbranched alkanes of at least 4 members (excludes halogenated alkanes) is 12. The van der Waals surface area contributed by atoms with E-state index in [1.165, 1.54) is 51.4 Å². The summed E-state index contributed by atoms with van der Waals surface area (Å²) in [6, 6.07) is 0. The summed E-state index contributed by atoms with van der Waals surface area (Å²) in [7, 11) is 0. The Morgan fingerprint density at radius 1 is 0.350 bits per heavy atom. The van der Waals surface area contributed by atoms with Gasteiger partial charge in [0.15, 0.2) is 6.10 Å². The first-order valence-electron chi connectivity index (χ1n) is 23.9. The molecule has 0 aliphatic heterocycles. The van der Waals surface area contributed by atoms with Crippen LogP contribution in [0.5, 0.6) is 0 Å². The molecule has 0 fully saturated rings. The van der Waals surface area contributed by atoms with E-state index in [0.717, 1.165) is 96.3 Å². The molecule has 338 valence electrons. The molecule has 0 radical (unpaired) electrons. The van der Waals surface area contributed by atoms with Gasteiger partial charge in [-0.15, -0.1) is 0 Å². The van der Waals surface area contributed by atoms with E-state index in [-0.39, 0.29) is 31.6 Å². The second-order valence-electron chi connectivity index (χ2n) is 15.2. The van der Waals surface area contributed by atoms with Crippen molar-refractivity contribution in [2.24, 2.45) is 0 Å². The second kappa shape index (κ2) is 47.7. The molecule has 0 saturated heterocycles. The van der Waals surface area contributed by atoms with Crippen LogP contribution in [0.1, 0.15) is 194 Å². The number of rotatable bonds is 41. The van der Waals surface area contributed by atoms with Gasteiger partial charge in [-0.1, -0.05) is 175 Å². The molecule has 0 aromatic rings. The van der Waals surface area contributed by atoms with Crippen LogP contribution in [0.15, 0.2) is 109 Å². The van der Waals surface area contributed by atoms with E-state index in [4.69, 9.17) is 14.2 Å². The SMILES string of the molecule is CC/C=C\C/C=C\C/C=C\C/C=C\C/C=C\CCC(=O)OC(COC(=O)CCCC/C=C\C/C=C\CC)COC(=O)CCCCCCCCC/C=C\C/C=C\CCCCC. The number of allylic oxidation sites excluding steroid dienone is 18. The molecule has 6 nitrogen and oxygen atoms in total. The van der Waals surface area contributed by atoms with Crippen LogP contribution in [0.2, 0.25) is 0 Å². The first-order chi connectivity index (χ1) is 29.5. The molecule has 1 atom stereocenters. The first-order valence-corrected chi connectivity index (χ1v) is 23.9. The molecule has 0 aromatic carbocycles. The van der Waals surface area contributed by atoms with Crippen molar-refractivity contribution in [2.45, 2.75) is 200 Å². The van der Waals surface area contributed by atoms with Crippen molar-refractivity contribution in [1.82, 2.24) is 0 Å². The van der Waals surface area contributed by atoms with Crippen LogP contribution in [0, 0.1) is 0 Å². The summed E-state index contributed by atoms with van der Waals surface area (Å²) >= 11 is 0. The van der Waals surface area contributed by atoms with Gasteiger partial charge in [-0.3, -0.25) is 14.4 Å². The predicted molar refractivity (Wildman–Crippen MR) is 256 cm³/mol. The molecule has 0 spiro atoms. The summed E-state index contributed by atoms with van der Waals surface area (Å²) < 4.78 is 16.6. The zero-order valence-electron chi connectivity index (χ0n) is 38.4. The average Bonchev–Trinajstić information content (AvgIpc) is 3.24. The summed E-state index contributed by atoms with van der Waals surface area (Å²) in [6.45, 7) is 6.25. The van der Waals surface area contributed by atoms with Crippen LogP contribution >= 0.6 is 0 Å². The predicted octanol–water partition coefficient (Wildman–Crippen LogP) is 15.6. The molecule has 0 aliphatic rings. The highest BCUT2D eigenvalue weighted by atomic mass is 16.6. The van der Waals surface area contributed by atoms with Crippen LogP contribution < -0.4 is 0 Å². The number of ether oxygens (including phenoxy) is 3. The molecule has 60 heavy (non-hydrogen) atoms. The summed E-state index contributed by atoms with van der Waals surface area (Å²) in [6.07, 6.45) is 63.8. The highest BCUT2D eigenvalue weighted by molar-refractivity contribution is 5.71. The zero-order valence-corrected chi connectivity index (χ0v) is 38.4. The topological polar surface area (TPSA) is 78.9 Å². The maximum absolute atomic E-state index is 12.7. The Labute approximate surface area is 368 Å². The minimum atomic E-state index is -0.834. The lowest BCUT2D eigenvalue weighted by Gasteiger charge is -2.18. The van der Waals surface area contributed by atoms with Crippen molar-refractivity contribution >= 4 is 17.9 Å². The third kappa shape index (κ3) is 45.2. The van der Waals surface area contributed by atoms with Crippen molar-refractivity contribution in [3.8, 4) is 0 Å². The summed E-state index contributed by atoms with van der Waals surface area (Å²) in [4.78, 5) is 37.7. The Balaban J connectivity index is 4.50. The highest BCUT2D eigenvalue weighted by Crippen LogP contribution is 2.12. The third-order valence-electron chi connectivity index (χ3n) is 9.51. The number of esters is 3. The summed E-state index contributed by atoms with van der Waals surface area (Å²) in [5.41, 5.74) is 0. The molecule has 0 heterocycles. The van der Waals surface area contributed by atoms with Gasteiger partial charge in [-0.25, -0.2) is 0 Å². The van der Waals surface area contributed by atoms with Crippen LogP contribution in [0.25, 0.3) is 0 Å². The van der Waals surface area contributed by atoms with E-state index in [1.54, 1.807) is 0 Å². The molecule has 0 amide bonds. The Kier molecular flexibility index (Phi) is 44.6. The molecule has 0 rings (SSSR count). The van der Waals surface area contributed by atoms with E-state index in [0.29, 0.717) is 19.3 Å². The number of carbonyl (C=O) groups excluding carboxylic acids is 3. The normalized spacial score (nSPS) is 13.1. The van der Waals surface area contributed by atoms with Crippen molar-refractivity contribution in [1.29, 1.82) is 0 Å². The fourth-order valence-electron chi connectivity index (χ4n) is 5.97. The Morgan fingerprint density at radius 2 is 0.683 bits per heavy atom. The first kappa shape index (κ1) is 56.1. The lowest BCUT2D eigenvalue weighted by molar-refractivity contribution is -0.166. The number of carbonyl (C=O) groups is 3. The van der Waals surface area contributed by atoms with E-state index in [2.05, 4.69) is 118 Å². The van der Waals surface area contributed by atoms with Crippen molar-refractivity contribution in [3.05, 3.63) is 109 Å². The van der Waals surface area contributed by atoms with Gasteiger partial charge in [0.1, 0.15) is 13.2 Å². The van der Waals surface area contributed by atoms with Gasteiger partial charge in [0, 0.05) is 19.3 Å². The average molecular weight is 831 g/mol. The standard InChI is InChI=1S/C54H86O6/c1-4-7-10-13-16-19-21-23-25-27-29-30-32-35-38-41-44-47-53(56)59-50-51(49-58-52(55)46-43-40-37-34-18-15-12-9-6-3)60-54(57)48-45-42-39-36-33-31-28-26-24-22-20-17-14-11-8-5-2/h8-9,11-12,16-20,23-26,31,33-34,39,42,51H,4-7,10,13-15,21-22,27-30,32,35-38,40-41,43-50H2,1-3H3/b11-8-,12-9-,19-16-,20-17-,25-23-,26-24-,33-31-,34-18-,42-39-. The molecule has 0 bridgehead atoms. The maximum Gasteiger partial charge on any atom is 0.306 e. The molecule has 6 heteroatoms. The van der Waals surface area contributed by atoms with E-state index in [1.807, 2.05) is 12.2 Å². The van der Waals surface area contributed by atoms with Crippen molar-refractivity contribution < 1.29 is 28.6 Å². The van der Waals surface area contributed by atoms with Gasteiger partial charge in [-0.2, -0.15) is 0 Å². The molecule has 0 aromatic heterocycles. The summed E-state index contributed by atoms with van der Waals surface area (Å²) in [5.74, 6) is -1.06. The number of hydrogen-bond acceptors (Lipinski definition) is 6. The monoisotopic (exact) mass is 831 g/mol. The lowest BCUT2D eigenvalue weighted by atomic mass is 10.1. The van der Waals surface area contributed by atoms with E-state index in [9.17, 15) is 14.4 Å². The Morgan fingerprint density at radius 3 is 1.12 bits per heavy atom. The largest absolute Gasteiger partial charge is 0.462 e. The lowest BCUT2D eigenvalue weighted by Crippen LogP contribution is -2.30. The van der Waals surface area contributed by atoms with Gasteiger partial charge in [-0.05, 0) is 109 Å². The Bertz CT molecular complexity index is 1280. The smallest absolute Gasteiger partial charge is 0.306 e. The van der Waals surface area contributed by atoms with Crippen molar-refractivity contribution in [2.75, 3.05) is 13.2 Å². The van der Waals surface area contributed by atoms with Crippen molar-refractivity contribution in [3.63, 3.8) is 0 Å². The van der Waals surface area contributed by atoms with Gasteiger partial charge < -0.3 is 14.2 Å². The van der Waals surface area contributed by atoms with E-state index < -0.39 is 12.1 Å². The molecular formula is C54H86O6. The van der Waals surface area contributed by atoms with Gasteiger partial charge in [0.05, 0.1) is 0 Å². The highest BCUT2D eigenvalue weighted by Gasteiger charge is 2.19. The minimum absolute atomic E-state index is 0.125. The molecule has 1 unspecified atom stereocenters. The van der Waals surface area contributed by atoms with Gasteiger partial charge >= 0.3 is 17.9 Å².